The molecule has 2 fully saturated rings. The number of rotatable bonds is 5. The molecule has 0 spiro atoms. The van der Waals surface area contributed by atoms with E-state index >= 15 is 0 Å². The van der Waals surface area contributed by atoms with E-state index in [1.54, 1.807) is 24.3 Å². The van der Waals surface area contributed by atoms with Gasteiger partial charge in [-0.15, -0.1) is 0 Å². The standard InChI is InChI=1S/C21H28N4O3/c1-2-22-11-13-23(14-12-22)16-7-9-24(15-16)19(26)8-10-25-20(27)17-5-3-4-6-18(17)21(25)28/h3-6,16H,2,7-15H2,1H3. The summed E-state index contributed by atoms with van der Waals surface area (Å²) in [5.74, 6) is -0.547. The van der Waals surface area contributed by atoms with E-state index in [0.29, 0.717) is 17.2 Å². The number of likely N-dealkylation sites (N-methyl/N-ethyl adjacent to an activating group) is 1. The normalized spacial score (nSPS) is 23.5. The first kappa shape index (κ1) is 19.1. The third kappa shape index (κ3) is 3.56. The lowest BCUT2D eigenvalue weighted by Crippen LogP contribution is -2.51. The fourth-order valence-electron chi connectivity index (χ4n) is 4.52. The lowest BCUT2D eigenvalue weighted by atomic mass is 10.1. The Hall–Kier alpha value is -2.25. The summed E-state index contributed by atoms with van der Waals surface area (Å²) in [5, 5.41) is 0. The van der Waals surface area contributed by atoms with Crippen LogP contribution in [0.3, 0.4) is 0 Å². The number of piperazine rings is 1. The van der Waals surface area contributed by atoms with Crippen LogP contribution in [-0.4, -0.2) is 95.7 Å². The molecule has 3 amide bonds. The minimum Gasteiger partial charge on any atom is -0.341 e. The second kappa shape index (κ2) is 8.01. The first-order valence-electron chi connectivity index (χ1n) is 10.3. The quantitative estimate of drug-likeness (QED) is 0.706. The second-order valence-corrected chi connectivity index (χ2v) is 7.81. The number of carbonyl (C=O) groups excluding carboxylic acids is 3. The molecule has 0 aliphatic carbocycles. The van der Waals surface area contributed by atoms with Crippen molar-refractivity contribution >= 4 is 17.7 Å². The van der Waals surface area contributed by atoms with Gasteiger partial charge < -0.3 is 9.80 Å². The predicted molar refractivity (Wildman–Crippen MR) is 105 cm³/mol. The summed E-state index contributed by atoms with van der Waals surface area (Å²) in [6.45, 7) is 9.29. The van der Waals surface area contributed by atoms with Gasteiger partial charge in [-0.3, -0.25) is 24.2 Å². The molecule has 3 heterocycles. The molecule has 0 bridgehead atoms. The Morgan fingerprint density at radius 3 is 2.25 bits per heavy atom. The Balaban J connectivity index is 1.27. The van der Waals surface area contributed by atoms with Gasteiger partial charge in [-0.2, -0.15) is 0 Å². The van der Waals surface area contributed by atoms with Crippen LogP contribution in [0.2, 0.25) is 0 Å². The van der Waals surface area contributed by atoms with Gasteiger partial charge in [-0.05, 0) is 25.1 Å². The average Bonchev–Trinajstić information content (AvgIpc) is 3.31. The molecule has 1 atom stereocenters. The van der Waals surface area contributed by atoms with Crippen molar-refractivity contribution in [3.05, 3.63) is 35.4 Å². The minimum atomic E-state index is -0.290. The maximum atomic E-state index is 12.7. The Kier molecular flexibility index (Phi) is 5.46. The van der Waals surface area contributed by atoms with Gasteiger partial charge in [-0.25, -0.2) is 0 Å². The number of imide groups is 1. The molecule has 0 saturated carbocycles. The fourth-order valence-corrected chi connectivity index (χ4v) is 4.52. The van der Waals surface area contributed by atoms with Crippen molar-refractivity contribution in [1.82, 2.24) is 19.6 Å². The number of hydrogen-bond acceptors (Lipinski definition) is 5. The van der Waals surface area contributed by atoms with Gasteiger partial charge in [0, 0.05) is 58.3 Å². The van der Waals surface area contributed by atoms with Crippen molar-refractivity contribution in [2.24, 2.45) is 0 Å². The van der Waals surface area contributed by atoms with Crippen molar-refractivity contribution in [3.8, 4) is 0 Å². The highest BCUT2D eigenvalue weighted by Gasteiger charge is 2.36. The molecule has 0 radical (unpaired) electrons. The van der Waals surface area contributed by atoms with Gasteiger partial charge in [-0.1, -0.05) is 19.1 Å². The third-order valence-electron chi connectivity index (χ3n) is 6.31. The van der Waals surface area contributed by atoms with Gasteiger partial charge >= 0.3 is 0 Å². The molecule has 0 N–H and O–H groups in total. The smallest absolute Gasteiger partial charge is 0.261 e. The van der Waals surface area contributed by atoms with Crippen molar-refractivity contribution in [1.29, 1.82) is 0 Å². The first-order chi connectivity index (χ1) is 13.6. The van der Waals surface area contributed by atoms with Gasteiger partial charge in [0.15, 0.2) is 0 Å². The first-order valence-corrected chi connectivity index (χ1v) is 10.3. The molecule has 28 heavy (non-hydrogen) atoms. The zero-order valence-electron chi connectivity index (χ0n) is 16.5. The number of benzene rings is 1. The number of amides is 3. The van der Waals surface area contributed by atoms with Crippen LogP contribution in [0.15, 0.2) is 24.3 Å². The van der Waals surface area contributed by atoms with E-state index in [4.69, 9.17) is 0 Å². The average molecular weight is 384 g/mol. The number of carbonyl (C=O) groups is 3. The molecule has 7 heteroatoms. The van der Waals surface area contributed by atoms with Crippen LogP contribution in [0.5, 0.6) is 0 Å². The van der Waals surface area contributed by atoms with E-state index in [2.05, 4.69) is 16.7 Å². The maximum absolute atomic E-state index is 12.7. The summed E-state index contributed by atoms with van der Waals surface area (Å²) in [6.07, 6.45) is 1.20. The molecule has 1 aromatic carbocycles. The fraction of sp³-hybridized carbons (Fsp3) is 0.571. The van der Waals surface area contributed by atoms with E-state index in [-0.39, 0.29) is 30.7 Å². The zero-order valence-corrected chi connectivity index (χ0v) is 16.5. The Morgan fingerprint density at radius 2 is 1.64 bits per heavy atom. The largest absolute Gasteiger partial charge is 0.341 e. The van der Waals surface area contributed by atoms with E-state index in [1.165, 1.54) is 4.90 Å². The summed E-state index contributed by atoms with van der Waals surface area (Å²) in [5.41, 5.74) is 0.875. The van der Waals surface area contributed by atoms with Crippen molar-refractivity contribution in [2.75, 3.05) is 52.4 Å². The molecule has 4 rings (SSSR count). The second-order valence-electron chi connectivity index (χ2n) is 7.81. The van der Waals surface area contributed by atoms with Gasteiger partial charge in [0.1, 0.15) is 0 Å². The van der Waals surface area contributed by atoms with Crippen molar-refractivity contribution in [2.45, 2.75) is 25.8 Å². The van der Waals surface area contributed by atoms with Crippen LogP contribution in [0.1, 0.15) is 40.5 Å². The molecule has 1 unspecified atom stereocenters. The third-order valence-corrected chi connectivity index (χ3v) is 6.31. The highest BCUT2D eigenvalue weighted by Crippen LogP contribution is 2.23. The number of nitrogens with zero attached hydrogens (tertiary/aromatic N) is 4. The molecule has 1 aromatic rings. The summed E-state index contributed by atoms with van der Waals surface area (Å²) < 4.78 is 0. The molecule has 150 valence electrons. The van der Waals surface area contributed by atoms with E-state index in [9.17, 15) is 14.4 Å². The zero-order chi connectivity index (χ0) is 19.7. The lowest BCUT2D eigenvalue weighted by molar-refractivity contribution is -0.130. The Morgan fingerprint density at radius 1 is 1.00 bits per heavy atom. The summed E-state index contributed by atoms with van der Waals surface area (Å²) in [7, 11) is 0. The van der Waals surface area contributed by atoms with Crippen molar-refractivity contribution in [3.63, 3.8) is 0 Å². The van der Waals surface area contributed by atoms with Crippen LogP contribution in [0, 0.1) is 0 Å². The van der Waals surface area contributed by atoms with E-state index in [0.717, 1.165) is 52.2 Å². The number of fused-ring (bicyclic) bond motifs is 1. The molecule has 3 aliphatic rings. The van der Waals surface area contributed by atoms with Crippen LogP contribution >= 0.6 is 0 Å². The SMILES string of the molecule is CCN1CCN(C2CCN(C(=O)CCN3C(=O)c4ccccc4C3=O)C2)CC1. The minimum absolute atomic E-state index is 0.0336. The summed E-state index contributed by atoms with van der Waals surface area (Å²) in [4.78, 5) is 45.6. The van der Waals surface area contributed by atoms with Crippen molar-refractivity contribution < 1.29 is 14.4 Å². The number of hydrogen-bond donors (Lipinski definition) is 0. The molecular formula is C21H28N4O3. The molecule has 2 saturated heterocycles. The highest BCUT2D eigenvalue weighted by atomic mass is 16.2. The molecule has 7 nitrogen and oxygen atoms in total. The van der Waals surface area contributed by atoms with Crippen LogP contribution < -0.4 is 0 Å². The molecule has 3 aliphatic heterocycles. The maximum Gasteiger partial charge on any atom is 0.261 e. The predicted octanol–water partition coefficient (Wildman–Crippen LogP) is 0.911. The number of likely N-dealkylation sites (tertiary alicyclic amines) is 1. The van der Waals surface area contributed by atoms with Crippen LogP contribution in [0.25, 0.3) is 0 Å². The van der Waals surface area contributed by atoms with E-state index in [1.807, 2.05) is 4.90 Å². The van der Waals surface area contributed by atoms with Gasteiger partial charge in [0.05, 0.1) is 11.1 Å². The topological polar surface area (TPSA) is 64.2 Å². The van der Waals surface area contributed by atoms with Gasteiger partial charge in [0.25, 0.3) is 11.8 Å². The summed E-state index contributed by atoms with van der Waals surface area (Å²) in [6, 6.07) is 7.27. The summed E-state index contributed by atoms with van der Waals surface area (Å²) >= 11 is 0. The molecular weight excluding hydrogens is 356 g/mol. The van der Waals surface area contributed by atoms with Gasteiger partial charge in [0.2, 0.25) is 5.91 Å². The lowest BCUT2D eigenvalue weighted by Gasteiger charge is -2.37. The Labute approximate surface area is 165 Å². The van der Waals surface area contributed by atoms with E-state index < -0.39 is 0 Å². The Bertz CT molecular complexity index is 738. The monoisotopic (exact) mass is 384 g/mol. The van der Waals surface area contributed by atoms with Crippen LogP contribution in [0.4, 0.5) is 0 Å². The van der Waals surface area contributed by atoms with Crippen LogP contribution in [-0.2, 0) is 4.79 Å². The molecule has 0 aromatic heterocycles. The highest BCUT2D eigenvalue weighted by molar-refractivity contribution is 6.21.